The summed E-state index contributed by atoms with van der Waals surface area (Å²) >= 11 is 0. The zero-order chi connectivity index (χ0) is 31.2. The van der Waals surface area contributed by atoms with Gasteiger partial charge in [0.05, 0.1) is 16.7 Å². The Labute approximate surface area is 273 Å². The highest BCUT2D eigenvalue weighted by molar-refractivity contribution is 6.21. The minimum atomic E-state index is 0.648. The second-order valence-electron chi connectivity index (χ2n) is 11.9. The third kappa shape index (κ3) is 4.77. The van der Waals surface area contributed by atoms with Crippen LogP contribution in [0.2, 0.25) is 0 Å². The van der Waals surface area contributed by atoms with E-state index in [2.05, 4.69) is 168 Å². The predicted molar refractivity (Wildman–Crippen MR) is 196 cm³/mol. The first-order valence-corrected chi connectivity index (χ1v) is 15.9. The highest BCUT2D eigenvalue weighted by Gasteiger charge is 2.18. The first-order valence-electron chi connectivity index (χ1n) is 15.9. The highest BCUT2D eigenvalue weighted by Crippen LogP contribution is 2.39. The summed E-state index contributed by atoms with van der Waals surface area (Å²) in [5, 5.41) is 4.83. The van der Waals surface area contributed by atoms with Crippen molar-refractivity contribution in [1.82, 2.24) is 14.5 Å². The largest absolute Gasteiger partial charge is 0.278 e. The number of nitrogens with zero attached hydrogens (tertiary/aromatic N) is 3. The molecule has 0 N–H and O–H groups in total. The number of fused-ring (bicyclic) bond motifs is 5. The molecule has 220 valence electrons. The van der Waals surface area contributed by atoms with Gasteiger partial charge in [0.2, 0.25) is 5.95 Å². The van der Waals surface area contributed by atoms with Gasteiger partial charge in [0, 0.05) is 22.5 Å². The van der Waals surface area contributed by atoms with Gasteiger partial charge in [-0.3, -0.25) is 4.57 Å². The zero-order valence-corrected chi connectivity index (χ0v) is 25.6. The molecule has 0 aliphatic rings. The molecule has 0 radical (unpaired) electrons. The second kappa shape index (κ2) is 11.2. The van der Waals surface area contributed by atoms with Gasteiger partial charge in [-0.15, -0.1) is 0 Å². The van der Waals surface area contributed by atoms with Crippen LogP contribution in [0, 0.1) is 0 Å². The summed E-state index contributed by atoms with van der Waals surface area (Å²) in [6.07, 6.45) is 1.88. The van der Waals surface area contributed by atoms with Crippen LogP contribution in [0.5, 0.6) is 0 Å². The third-order valence-corrected chi connectivity index (χ3v) is 9.05. The molecule has 0 saturated carbocycles. The average molecular weight is 600 g/mol. The lowest BCUT2D eigenvalue weighted by Crippen LogP contribution is -2.02. The number of aromatic nitrogens is 3. The van der Waals surface area contributed by atoms with E-state index in [0.717, 1.165) is 39.0 Å². The van der Waals surface area contributed by atoms with Crippen molar-refractivity contribution in [3.05, 3.63) is 176 Å². The molecule has 9 aromatic rings. The Morgan fingerprint density at radius 3 is 1.66 bits per heavy atom. The number of rotatable bonds is 5. The van der Waals surface area contributed by atoms with Crippen molar-refractivity contribution in [2.24, 2.45) is 0 Å². The van der Waals surface area contributed by atoms with E-state index >= 15 is 0 Å². The van der Waals surface area contributed by atoms with Gasteiger partial charge in [-0.1, -0.05) is 133 Å². The lowest BCUT2D eigenvalue weighted by Gasteiger charge is -2.12. The standard InChI is InChI=1S/C44H29N3/c1-4-12-30(13-5-1)34-20-22-39-42(29-34)47(41-23-21-33-18-10-11-19-38(33)43(39)41)44-45-25-24-40(46-44)37-27-35(31-14-6-2-7-15-31)26-36(28-37)32-16-8-3-9-17-32/h1-29H. The monoisotopic (exact) mass is 599 g/mol. The van der Waals surface area contributed by atoms with Crippen molar-refractivity contribution in [3.63, 3.8) is 0 Å². The summed E-state index contributed by atoms with van der Waals surface area (Å²) in [6.45, 7) is 0. The van der Waals surface area contributed by atoms with E-state index in [1.165, 1.54) is 38.2 Å². The summed E-state index contributed by atoms with van der Waals surface area (Å²) < 4.78 is 2.23. The molecule has 7 aromatic carbocycles. The van der Waals surface area contributed by atoms with E-state index in [1.54, 1.807) is 0 Å². The Morgan fingerprint density at radius 2 is 0.979 bits per heavy atom. The fourth-order valence-corrected chi connectivity index (χ4v) is 6.80. The Kier molecular flexibility index (Phi) is 6.46. The summed E-state index contributed by atoms with van der Waals surface area (Å²) in [7, 11) is 0. The smallest absolute Gasteiger partial charge is 0.235 e. The summed E-state index contributed by atoms with van der Waals surface area (Å²) in [5.74, 6) is 0.648. The third-order valence-electron chi connectivity index (χ3n) is 9.05. The normalized spacial score (nSPS) is 11.4. The van der Waals surface area contributed by atoms with Gasteiger partial charge in [-0.25, -0.2) is 9.97 Å². The quantitative estimate of drug-likeness (QED) is 0.197. The molecule has 0 aliphatic carbocycles. The molecule has 0 fully saturated rings. The maximum absolute atomic E-state index is 5.29. The zero-order valence-electron chi connectivity index (χ0n) is 25.6. The van der Waals surface area contributed by atoms with Gasteiger partial charge in [0.25, 0.3) is 0 Å². The molecule has 3 heteroatoms. The van der Waals surface area contributed by atoms with Gasteiger partial charge in [-0.05, 0) is 80.6 Å². The van der Waals surface area contributed by atoms with Crippen LogP contribution in [0.15, 0.2) is 176 Å². The van der Waals surface area contributed by atoms with Crippen molar-refractivity contribution < 1.29 is 0 Å². The number of hydrogen-bond donors (Lipinski definition) is 0. The van der Waals surface area contributed by atoms with E-state index in [9.17, 15) is 0 Å². The van der Waals surface area contributed by atoms with Crippen LogP contribution in [-0.4, -0.2) is 14.5 Å². The van der Waals surface area contributed by atoms with Crippen molar-refractivity contribution in [1.29, 1.82) is 0 Å². The summed E-state index contributed by atoms with van der Waals surface area (Å²) in [6, 6.07) is 60.1. The molecule has 3 nitrogen and oxygen atoms in total. The Hall–Kier alpha value is -6.32. The van der Waals surface area contributed by atoms with Crippen molar-refractivity contribution >= 4 is 32.6 Å². The predicted octanol–water partition coefficient (Wildman–Crippen LogP) is 11.4. The number of hydrogen-bond acceptors (Lipinski definition) is 2. The second-order valence-corrected chi connectivity index (χ2v) is 11.9. The molecular weight excluding hydrogens is 571 g/mol. The van der Waals surface area contributed by atoms with Gasteiger partial charge < -0.3 is 0 Å². The van der Waals surface area contributed by atoms with E-state index in [4.69, 9.17) is 9.97 Å². The molecule has 0 aliphatic heterocycles. The van der Waals surface area contributed by atoms with Crippen LogP contribution in [0.3, 0.4) is 0 Å². The molecule has 2 aromatic heterocycles. The van der Waals surface area contributed by atoms with E-state index in [0.29, 0.717) is 5.95 Å². The van der Waals surface area contributed by atoms with Gasteiger partial charge in [0.15, 0.2) is 0 Å². The van der Waals surface area contributed by atoms with Crippen LogP contribution in [0.25, 0.3) is 83.2 Å². The lowest BCUT2D eigenvalue weighted by molar-refractivity contribution is 0.992. The van der Waals surface area contributed by atoms with Gasteiger partial charge in [-0.2, -0.15) is 0 Å². The van der Waals surface area contributed by atoms with Crippen LogP contribution in [-0.2, 0) is 0 Å². The topological polar surface area (TPSA) is 30.7 Å². The molecule has 0 unspecified atom stereocenters. The first-order chi connectivity index (χ1) is 23.3. The highest BCUT2D eigenvalue weighted by atomic mass is 15.2. The first kappa shape index (κ1) is 27.0. The van der Waals surface area contributed by atoms with Gasteiger partial charge >= 0.3 is 0 Å². The minimum absolute atomic E-state index is 0.648. The Balaban J connectivity index is 1.28. The summed E-state index contributed by atoms with van der Waals surface area (Å²) in [4.78, 5) is 10.2. The van der Waals surface area contributed by atoms with E-state index < -0.39 is 0 Å². The molecule has 2 heterocycles. The Morgan fingerprint density at radius 1 is 0.383 bits per heavy atom. The molecule has 0 atom stereocenters. The average Bonchev–Trinajstić information content (AvgIpc) is 3.50. The van der Waals surface area contributed by atoms with E-state index in [-0.39, 0.29) is 0 Å². The van der Waals surface area contributed by atoms with Crippen LogP contribution < -0.4 is 0 Å². The van der Waals surface area contributed by atoms with E-state index in [1.807, 2.05) is 12.3 Å². The fourth-order valence-electron chi connectivity index (χ4n) is 6.80. The Bertz CT molecular complexity index is 2490. The minimum Gasteiger partial charge on any atom is -0.278 e. The van der Waals surface area contributed by atoms with Crippen molar-refractivity contribution in [2.45, 2.75) is 0 Å². The molecule has 9 rings (SSSR count). The molecule has 0 bridgehead atoms. The van der Waals surface area contributed by atoms with Gasteiger partial charge in [0.1, 0.15) is 0 Å². The molecule has 0 amide bonds. The molecule has 47 heavy (non-hydrogen) atoms. The lowest BCUT2D eigenvalue weighted by atomic mass is 9.95. The van der Waals surface area contributed by atoms with Crippen molar-refractivity contribution in [2.75, 3.05) is 0 Å². The summed E-state index contributed by atoms with van der Waals surface area (Å²) in [5.41, 5.74) is 11.1. The van der Waals surface area contributed by atoms with Crippen LogP contribution in [0.4, 0.5) is 0 Å². The van der Waals surface area contributed by atoms with Crippen LogP contribution >= 0.6 is 0 Å². The fraction of sp³-hybridized carbons (Fsp3) is 0. The van der Waals surface area contributed by atoms with Crippen molar-refractivity contribution in [3.8, 4) is 50.6 Å². The maximum atomic E-state index is 5.29. The molecule has 0 spiro atoms. The number of benzene rings is 7. The molecule has 0 saturated heterocycles. The van der Waals surface area contributed by atoms with Crippen LogP contribution in [0.1, 0.15) is 0 Å². The molecular formula is C44H29N3. The SMILES string of the molecule is c1ccc(-c2cc(-c3ccccc3)cc(-c3ccnc(-n4c5cc(-c6ccccc6)ccc5c5c6ccccc6ccc54)n3)c2)cc1. The maximum Gasteiger partial charge on any atom is 0.235 e.